The average Bonchev–Trinajstić information content (AvgIpc) is 2.73. The molecule has 0 saturated carbocycles. The highest BCUT2D eigenvalue weighted by Gasteiger charge is 2.07. The van der Waals surface area contributed by atoms with Crippen LogP contribution in [0.4, 0.5) is 0 Å². The quantitative estimate of drug-likeness (QED) is 0.669. The van der Waals surface area contributed by atoms with Crippen molar-refractivity contribution in [3.05, 3.63) is 95.6 Å². The van der Waals surface area contributed by atoms with Crippen LogP contribution >= 0.6 is 0 Å². The van der Waals surface area contributed by atoms with Crippen molar-refractivity contribution in [1.29, 1.82) is 0 Å². The van der Waals surface area contributed by atoms with Crippen molar-refractivity contribution in [3.63, 3.8) is 0 Å². The van der Waals surface area contributed by atoms with Gasteiger partial charge in [-0.15, -0.1) is 0 Å². The van der Waals surface area contributed by atoms with Gasteiger partial charge in [-0.25, -0.2) is 4.79 Å². The third-order valence-electron chi connectivity index (χ3n) is 3.92. The molecule has 0 bridgehead atoms. The maximum atomic E-state index is 12.3. The Morgan fingerprint density at radius 3 is 2.00 bits per heavy atom. The number of hydrogen-bond donors (Lipinski definition) is 1. The summed E-state index contributed by atoms with van der Waals surface area (Å²) in [6.07, 6.45) is 0. The van der Waals surface area contributed by atoms with Crippen molar-refractivity contribution in [1.82, 2.24) is 5.32 Å². The standard InChI is InChI=1S/C22H19NO4/c1-26-22(25)18-9-7-16(8-10-18)15-23-21(24)17-11-13-20(14-12-17)27-19-5-3-2-4-6-19/h2-14H,15H2,1H3,(H,23,24). The van der Waals surface area contributed by atoms with Gasteiger partial charge in [0.2, 0.25) is 0 Å². The molecule has 0 aliphatic rings. The molecule has 136 valence electrons. The van der Waals surface area contributed by atoms with E-state index in [9.17, 15) is 9.59 Å². The van der Waals surface area contributed by atoms with E-state index in [2.05, 4.69) is 10.1 Å². The minimum Gasteiger partial charge on any atom is -0.465 e. The zero-order valence-corrected chi connectivity index (χ0v) is 14.8. The molecule has 5 heteroatoms. The molecule has 0 unspecified atom stereocenters. The monoisotopic (exact) mass is 361 g/mol. The summed E-state index contributed by atoms with van der Waals surface area (Å²) in [5.74, 6) is 0.836. The van der Waals surface area contributed by atoms with Crippen LogP contribution in [-0.2, 0) is 11.3 Å². The highest BCUT2D eigenvalue weighted by molar-refractivity contribution is 5.94. The Balaban J connectivity index is 1.55. The average molecular weight is 361 g/mol. The fourth-order valence-corrected chi connectivity index (χ4v) is 2.46. The van der Waals surface area contributed by atoms with Crippen molar-refractivity contribution >= 4 is 11.9 Å². The molecule has 1 N–H and O–H groups in total. The zero-order chi connectivity index (χ0) is 19.1. The molecule has 0 atom stereocenters. The number of hydrogen-bond acceptors (Lipinski definition) is 4. The molecule has 0 aliphatic carbocycles. The van der Waals surface area contributed by atoms with E-state index in [1.165, 1.54) is 7.11 Å². The number of carbonyl (C=O) groups is 2. The molecule has 5 nitrogen and oxygen atoms in total. The van der Waals surface area contributed by atoms with E-state index in [0.717, 1.165) is 11.3 Å². The highest BCUT2D eigenvalue weighted by Crippen LogP contribution is 2.21. The first-order chi connectivity index (χ1) is 13.2. The smallest absolute Gasteiger partial charge is 0.337 e. The van der Waals surface area contributed by atoms with Gasteiger partial charge in [-0.3, -0.25) is 4.79 Å². The summed E-state index contributed by atoms with van der Waals surface area (Å²) in [5.41, 5.74) is 1.91. The van der Waals surface area contributed by atoms with Crippen LogP contribution in [0, 0.1) is 0 Å². The van der Waals surface area contributed by atoms with Crippen molar-refractivity contribution in [2.45, 2.75) is 6.54 Å². The third-order valence-corrected chi connectivity index (χ3v) is 3.92. The van der Waals surface area contributed by atoms with Crippen LogP contribution in [0.1, 0.15) is 26.3 Å². The van der Waals surface area contributed by atoms with Gasteiger partial charge in [0.05, 0.1) is 12.7 Å². The fourth-order valence-electron chi connectivity index (χ4n) is 2.46. The number of ether oxygens (including phenoxy) is 2. The SMILES string of the molecule is COC(=O)c1ccc(CNC(=O)c2ccc(Oc3ccccc3)cc2)cc1. The number of methoxy groups -OCH3 is 1. The summed E-state index contributed by atoms with van der Waals surface area (Å²) >= 11 is 0. The van der Waals surface area contributed by atoms with Crippen molar-refractivity contribution in [2.75, 3.05) is 7.11 Å². The van der Waals surface area contributed by atoms with Gasteiger partial charge in [0, 0.05) is 12.1 Å². The summed E-state index contributed by atoms with van der Waals surface area (Å²) in [4.78, 5) is 23.7. The Bertz CT molecular complexity index is 903. The molecule has 0 spiro atoms. The molecule has 3 rings (SSSR count). The van der Waals surface area contributed by atoms with Crippen molar-refractivity contribution in [2.24, 2.45) is 0 Å². The number of nitrogens with one attached hydrogen (secondary N) is 1. The molecule has 0 heterocycles. The topological polar surface area (TPSA) is 64.6 Å². The van der Waals surface area contributed by atoms with Crippen LogP contribution in [0.25, 0.3) is 0 Å². The van der Waals surface area contributed by atoms with Gasteiger partial charge in [0.1, 0.15) is 11.5 Å². The largest absolute Gasteiger partial charge is 0.465 e. The summed E-state index contributed by atoms with van der Waals surface area (Å²) in [6.45, 7) is 0.364. The predicted molar refractivity (Wildman–Crippen MR) is 102 cm³/mol. The first kappa shape index (κ1) is 18.2. The molecular formula is C22H19NO4. The summed E-state index contributed by atoms with van der Waals surface area (Å²) < 4.78 is 10.4. The van der Waals surface area contributed by atoms with E-state index in [1.54, 1.807) is 48.5 Å². The van der Waals surface area contributed by atoms with Crippen LogP contribution in [0.15, 0.2) is 78.9 Å². The van der Waals surface area contributed by atoms with Crippen LogP contribution < -0.4 is 10.1 Å². The first-order valence-corrected chi connectivity index (χ1v) is 8.44. The molecule has 0 aromatic heterocycles. The van der Waals surface area contributed by atoms with Crippen LogP contribution in [0.3, 0.4) is 0 Å². The molecule has 3 aromatic carbocycles. The van der Waals surface area contributed by atoms with Crippen LogP contribution in [0.2, 0.25) is 0 Å². The van der Waals surface area contributed by atoms with Gasteiger partial charge >= 0.3 is 5.97 Å². The molecule has 1 amide bonds. The van der Waals surface area contributed by atoms with E-state index in [-0.39, 0.29) is 11.9 Å². The number of benzene rings is 3. The van der Waals surface area contributed by atoms with E-state index in [4.69, 9.17) is 4.74 Å². The number of para-hydroxylation sites is 1. The van der Waals surface area contributed by atoms with Gasteiger partial charge in [-0.05, 0) is 54.1 Å². The zero-order valence-electron chi connectivity index (χ0n) is 14.8. The Hall–Kier alpha value is -3.60. The van der Waals surface area contributed by atoms with E-state index in [1.807, 2.05) is 30.3 Å². The van der Waals surface area contributed by atoms with Gasteiger partial charge in [-0.2, -0.15) is 0 Å². The lowest BCUT2D eigenvalue weighted by Gasteiger charge is -2.08. The Morgan fingerprint density at radius 1 is 0.778 bits per heavy atom. The van der Waals surface area contributed by atoms with Gasteiger partial charge in [0.15, 0.2) is 0 Å². The minimum absolute atomic E-state index is 0.182. The Labute approximate surface area is 157 Å². The van der Waals surface area contributed by atoms with Crippen LogP contribution in [0.5, 0.6) is 11.5 Å². The van der Waals surface area contributed by atoms with Crippen molar-refractivity contribution in [3.8, 4) is 11.5 Å². The molecular weight excluding hydrogens is 342 g/mol. The van der Waals surface area contributed by atoms with Gasteiger partial charge in [0.25, 0.3) is 5.91 Å². The molecule has 3 aromatic rings. The minimum atomic E-state index is -0.386. The van der Waals surface area contributed by atoms with Gasteiger partial charge < -0.3 is 14.8 Å². The molecule has 0 saturated heterocycles. The second-order valence-electron chi connectivity index (χ2n) is 5.81. The second-order valence-corrected chi connectivity index (χ2v) is 5.81. The maximum Gasteiger partial charge on any atom is 0.337 e. The molecule has 0 radical (unpaired) electrons. The summed E-state index contributed by atoms with van der Waals surface area (Å²) in [7, 11) is 1.34. The predicted octanol–water partition coefficient (Wildman–Crippen LogP) is 4.20. The molecule has 0 fully saturated rings. The van der Waals surface area contributed by atoms with Crippen molar-refractivity contribution < 1.29 is 19.1 Å². The maximum absolute atomic E-state index is 12.3. The van der Waals surface area contributed by atoms with Gasteiger partial charge in [-0.1, -0.05) is 30.3 Å². The molecule has 27 heavy (non-hydrogen) atoms. The highest BCUT2D eigenvalue weighted by atomic mass is 16.5. The molecule has 0 aliphatic heterocycles. The summed E-state index contributed by atoms with van der Waals surface area (Å²) in [5, 5.41) is 2.85. The lowest BCUT2D eigenvalue weighted by molar-refractivity contribution is 0.0600. The number of esters is 1. The lowest BCUT2D eigenvalue weighted by atomic mass is 10.1. The summed E-state index contributed by atoms with van der Waals surface area (Å²) in [6, 6.07) is 23.3. The third kappa shape index (κ3) is 4.95. The Morgan fingerprint density at radius 2 is 1.37 bits per heavy atom. The van der Waals surface area contributed by atoms with E-state index >= 15 is 0 Å². The number of rotatable bonds is 6. The second kappa shape index (κ2) is 8.67. The van der Waals surface area contributed by atoms with E-state index < -0.39 is 0 Å². The number of amides is 1. The van der Waals surface area contributed by atoms with E-state index in [0.29, 0.717) is 23.4 Å². The lowest BCUT2D eigenvalue weighted by Crippen LogP contribution is -2.22. The fraction of sp³-hybridized carbons (Fsp3) is 0.0909. The Kier molecular flexibility index (Phi) is 5.84. The normalized spacial score (nSPS) is 10.1. The number of carbonyl (C=O) groups excluding carboxylic acids is 2. The first-order valence-electron chi connectivity index (χ1n) is 8.44. The van der Waals surface area contributed by atoms with Crippen LogP contribution in [-0.4, -0.2) is 19.0 Å².